The zero-order valence-corrected chi connectivity index (χ0v) is 17.6. The minimum Gasteiger partial charge on any atom is -0.334 e. The molecule has 3 aromatic carbocycles. The lowest BCUT2D eigenvalue weighted by Gasteiger charge is -2.39. The second kappa shape index (κ2) is 8.32. The van der Waals surface area contributed by atoms with Crippen molar-refractivity contribution in [2.75, 3.05) is 26.7 Å². The Bertz CT molecular complexity index is 1200. The van der Waals surface area contributed by atoms with Gasteiger partial charge in [-0.05, 0) is 28.9 Å². The number of benzene rings is 3. The van der Waals surface area contributed by atoms with Gasteiger partial charge in [0, 0.05) is 19.6 Å². The minimum atomic E-state index is -0.0572. The summed E-state index contributed by atoms with van der Waals surface area (Å²) in [5.41, 5.74) is 2.78. The van der Waals surface area contributed by atoms with Crippen LogP contribution in [0.4, 0.5) is 0 Å². The molecule has 1 aliphatic heterocycles. The number of carbonyl (C=O) groups is 1. The van der Waals surface area contributed by atoms with Crippen molar-refractivity contribution < 1.29 is 4.79 Å². The summed E-state index contributed by atoms with van der Waals surface area (Å²) < 4.78 is 1.75. The molecule has 31 heavy (non-hydrogen) atoms. The number of likely N-dealkylation sites (N-methyl/N-ethyl adjacent to an activating group) is 1. The summed E-state index contributed by atoms with van der Waals surface area (Å²) >= 11 is 0. The lowest BCUT2D eigenvalue weighted by atomic mass is 10.0. The van der Waals surface area contributed by atoms with E-state index < -0.39 is 0 Å². The fourth-order valence-electron chi connectivity index (χ4n) is 4.33. The highest BCUT2D eigenvalue weighted by molar-refractivity contribution is 5.92. The van der Waals surface area contributed by atoms with Crippen LogP contribution in [0, 0.1) is 0 Å². The summed E-state index contributed by atoms with van der Waals surface area (Å²) in [7, 11) is 2.11. The van der Waals surface area contributed by atoms with E-state index in [-0.39, 0.29) is 11.9 Å². The molecule has 1 fully saturated rings. The predicted molar refractivity (Wildman–Crippen MR) is 121 cm³/mol. The molecule has 2 heterocycles. The van der Waals surface area contributed by atoms with E-state index >= 15 is 0 Å². The van der Waals surface area contributed by atoms with Crippen LogP contribution in [0.2, 0.25) is 0 Å². The van der Waals surface area contributed by atoms with Crippen LogP contribution in [0.3, 0.4) is 0 Å². The number of amides is 1. The molecule has 0 spiro atoms. The van der Waals surface area contributed by atoms with Crippen molar-refractivity contribution in [3.05, 3.63) is 95.8 Å². The number of carbonyl (C=O) groups excluding carboxylic acids is 1. The molecule has 0 bridgehead atoms. The van der Waals surface area contributed by atoms with Gasteiger partial charge in [-0.25, -0.2) is 4.68 Å². The van der Waals surface area contributed by atoms with E-state index in [1.807, 2.05) is 35.2 Å². The van der Waals surface area contributed by atoms with Gasteiger partial charge in [0.25, 0.3) is 5.91 Å². The lowest BCUT2D eigenvalue weighted by molar-refractivity contribution is 0.0540. The Morgan fingerprint density at radius 3 is 2.61 bits per heavy atom. The number of rotatable bonds is 4. The largest absolute Gasteiger partial charge is 0.334 e. The van der Waals surface area contributed by atoms with Crippen LogP contribution in [0.5, 0.6) is 0 Å². The molecule has 6 nitrogen and oxygen atoms in total. The summed E-state index contributed by atoms with van der Waals surface area (Å²) in [6.45, 7) is 2.75. The third kappa shape index (κ3) is 3.94. The normalized spacial score (nSPS) is 17.2. The van der Waals surface area contributed by atoms with Gasteiger partial charge in [-0.15, -0.1) is 5.10 Å². The van der Waals surface area contributed by atoms with Crippen LogP contribution in [-0.4, -0.2) is 57.4 Å². The molecule has 0 radical (unpaired) electrons. The van der Waals surface area contributed by atoms with E-state index in [4.69, 9.17) is 0 Å². The lowest BCUT2D eigenvalue weighted by Crippen LogP contribution is -2.49. The number of nitrogens with zero attached hydrogens (tertiary/aromatic N) is 5. The van der Waals surface area contributed by atoms with Gasteiger partial charge < -0.3 is 4.90 Å². The average Bonchev–Trinajstić information content (AvgIpc) is 3.28. The number of hydrogen-bond donors (Lipinski definition) is 0. The van der Waals surface area contributed by atoms with Crippen LogP contribution >= 0.6 is 0 Å². The van der Waals surface area contributed by atoms with Crippen LogP contribution in [-0.2, 0) is 6.54 Å². The molecule has 1 saturated heterocycles. The van der Waals surface area contributed by atoms with E-state index in [0.717, 1.165) is 12.1 Å². The first kappa shape index (κ1) is 19.5. The Morgan fingerprint density at radius 1 is 0.968 bits per heavy atom. The first-order valence-corrected chi connectivity index (χ1v) is 10.6. The summed E-state index contributed by atoms with van der Waals surface area (Å²) in [4.78, 5) is 17.3. The highest BCUT2D eigenvalue weighted by atomic mass is 16.2. The number of aromatic nitrogens is 3. The fourth-order valence-corrected chi connectivity index (χ4v) is 4.33. The van der Waals surface area contributed by atoms with E-state index in [1.165, 1.54) is 16.3 Å². The van der Waals surface area contributed by atoms with Crippen molar-refractivity contribution in [3.8, 4) is 0 Å². The highest BCUT2D eigenvalue weighted by Crippen LogP contribution is 2.25. The van der Waals surface area contributed by atoms with Crippen LogP contribution in [0.1, 0.15) is 27.7 Å². The van der Waals surface area contributed by atoms with Crippen molar-refractivity contribution in [1.82, 2.24) is 24.8 Å². The van der Waals surface area contributed by atoms with Crippen LogP contribution in [0.25, 0.3) is 10.8 Å². The van der Waals surface area contributed by atoms with Gasteiger partial charge in [-0.2, -0.15) is 0 Å². The molecular formula is C25H25N5O. The molecule has 1 aromatic heterocycles. The van der Waals surface area contributed by atoms with Gasteiger partial charge >= 0.3 is 0 Å². The zero-order valence-electron chi connectivity index (χ0n) is 17.6. The third-order valence-electron chi connectivity index (χ3n) is 6.09. The van der Waals surface area contributed by atoms with E-state index in [2.05, 4.69) is 64.7 Å². The molecule has 0 aliphatic carbocycles. The average molecular weight is 412 g/mol. The first-order chi connectivity index (χ1) is 15.2. The van der Waals surface area contributed by atoms with Crippen LogP contribution < -0.4 is 0 Å². The van der Waals surface area contributed by atoms with Crippen molar-refractivity contribution in [1.29, 1.82) is 0 Å². The third-order valence-corrected chi connectivity index (χ3v) is 6.09. The maximum Gasteiger partial charge on any atom is 0.276 e. The van der Waals surface area contributed by atoms with Gasteiger partial charge in [0.05, 0.1) is 18.8 Å². The Morgan fingerprint density at radius 2 is 1.74 bits per heavy atom. The quantitative estimate of drug-likeness (QED) is 0.515. The highest BCUT2D eigenvalue weighted by Gasteiger charge is 2.30. The standard InChI is InChI=1S/C25H25N5O/c1-28-14-15-29(18-24(28)20-9-3-2-4-10-20)25(31)23-17-30(27-26-23)16-21-12-7-11-19-8-5-6-13-22(19)21/h2-13,17,24H,14-16,18H2,1H3/t24-/m1/s1. The van der Waals surface area contributed by atoms with Crippen molar-refractivity contribution in [2.45, 2.75) is 12.6 Å². The summed E-state index contributed by atoms with van der Waals surface area (Å²) in [5.74, 6) is -0.0572. The molecule has 1 atom stereocenters. The van der Waals surface area contributed by atoms with E-state index in [0.29, 0.717) is 25.3 Å². The molecule has 0 saturated carbocycles. The Kier molecular flexibility index (Phi) is 5.22. The molecule has 5 rings (SSSR count). The second-order valence-electron chi connectivity index (χ2n) is 8.10. The molecule has 1 aliphatic rings. The smallest absolute Gasteiger partial charge is 0.276 e. The van der Waals surface area contributed by atoms with Gasteiger partial charge in [0.2, 0.25) is 0 Å². The Hall–Kier alpha value is -3.51. The molecule has 156 valence electrons. The predicted octanol–water partition coefficient (Wildman–Crippen LogP) is 3.61. The van der Waals surface area contributed by atoms with Gasteiger partial charge in [0.15, 0.2) is 5.69 Å². The van der Waals surface area contributed by atoms with Crippen molar-refractivity contribution >= 4 is 16.7 Å². The Balaban J connectivity index is 1.33. The summed E-state index contributed by atoms with van der Waals surface area (Å²) in [6, 6.07) is 25.1. The first-order valence-electron chi connectivity index (χ1n) is 10.6. The number of hydrogen-bond acceptors (Lipinski definition) is 4. The summed E-state index contributed by atoms with van der Waals surface area (Å²) in [5, 5.41) is 10.8. The zero-order chi connectivity index (χ0) is 21.2. The van der Waals surface area contributed by atoms with Crippen molar-refractivity contribution in [3.63, 3.8) is 0 Å². The molecule has 0 unspecified atom stereocenters. The maximum atomic E-state index is 13.2. The monoisotopic (exact) mass is 411 g/mol. The minimum absolute atomic E-state index is 0.0572. The molecule has 4 aromatic rings. The SMILES string of the molecule is CN1CCN(C(=O)c2cn(Cc3cccc4ccccc34)nn2)C[C@@H]1c1ccccc1. The topological polar surface area (TPSA) is 54.3 Å². The molecule has 6 heteroatoms. The number of fused-ring (bicyclic) bond motifs is 1. The van der Waals surface area contributed by atoms with Gasteiger partial charge in [-0.3, -0.25) is 9.69 Å². The number of piperazine rings is 1. The maximum absolute atomic E-state index is 13.2. The Labute approximate surface area is 181 Å². The van der Waals surface area contributed by atoms with Crippen molar-refractivity contribution in [2.24, 2.45) is 0 Å². The van der Waals surface area contributed by atoms with Gasteiger partial charge in [0.1, 0.15) is 0 Å². The fraction of sp³-hybridized carbons (Fsp3) is 0.240. The molecule has 1 amide bonds. The summed E-state index contributed by atoms with van der Waals surface area (Å²) in [6.07, 6.45) is 1.76. The van der Waals surface area contributed by atoms with E-state index in [1.54, 1.807) is 10.9 Å². The van der Waals surface area contributed by atoms with Crippen LogP contribution in [0.15, 0.2) is 79.0 Å². The van der Waals surface area contributed by atoms with Gasteiger partial charge in [-0.1, -0.05) is 78.0 Å². The van der Waals surface area contributed by atoms with E-state index in [9.17, 15) is 4.79 Å². The molecule has 0 N–H and O–H groups in total. The second-order valence-corrected chi connectivity index (χ2v) is 8.10. The molecular weight excluding hydrogens is 386 g/mol.